The van der Waals surface area contributed by atoms with Crippen molar-refractivity contribution in [3.05, 3.63) is 24.0 Å². The molecule has 0 bridgehead atoms. The highest BCUT2D eigenvalue weighted by Gasteiger charge is 2.22. The van der Waals surface area contributed by atoms with Crippen LogP contribution in [0.5, 0.6) is 0 Å². The molecule has 2 N–H and O–H groups in total. The van der Waals surface area contributed by atoms with E-state index >= 15 is 0 Å². The van der Waals surface area contributed by atoms with Gasteiger partial charge in [0.05, 0.1) is 0 Å². The van der Waals surface area contributed by atoms with Crippen LogP contribution in [-0.4, -0.2) is 36.1 Å². The first kappa shape index (κ1) is 10.7. The Morgan fingerprint density at radius 1 is 1.53 bits per heavy atom. The van der Waals surface area contributed by atoms with Gasteiger partial charge in [-0.3, -0.25) is 4.90 Å². The molecule has 1 aromatic rings. The monoisotopic (exact) mass is 207 g/mol. The molecule has 1 aliphatic heterocycles. The Labute approximate surface area is 91.9 Å². The summed E-state index contributed by atoms with van der Waals surface area (Å²) in [4.78, 5) is 5.77. The molecule has 2 atom stereocenters. The van der Waals surface area contributed by atoms with Gasteiger partial charge in [0.2, 0.25) is 0 Å². The van der Waals surface area contributed by atoms with Gasteiger partial charge in [-0.05, 0) is 45.5 Å². The van der Waals surface area contributed by atoms with Crippen LogP contribution in [0.4, 0.5) is 0 Å². The third-order valence-corrected chi connectivity index (χ3v) is 3.53. The molecule has 84 valence electrons. The third kappa shape index (κ3) is 2.41. The Morgan fingerprint density at radius 2 is 2.40 bits per heavy atom. The minimum atomic E-state index is 0.477. The number of nitrogens with zero attached hydrogens (tertiary/aromatic N) is 1. The SMILES string of the molecule is C[C@@H](c1ccc[nH]1)N(C)[C@@H]1CCCNC1. The van der Waals surface area contributed by atoms with Gasteiger partial charge in [0.1, 0.15) is 0 Å². The molecule has 0 amide bonds. The average Bonchev–Trinajstić information content (AvgIpc) is 2.82. The minimum Gasteiger partial charge on any atom is -0.364 e. The zero-order valence-corrected chi connectivity index (χ0v) is 9.66. The Kier molecular flexibility index (Phi) is 3.44. The summed E-state index contributed by atoms with van der Waals surface area (Å²) in [7, 11) is 2.23. The topological polar surface area (TPSA) is 31.1 Å². The molecule has 0 aliphatic carbocycles. The van der Waals surface area contributed by atoms with Crippen molar-refractivity contribution in [2.75, 3.05) is 20.1 Å². The lowest BCUT2D eigenvalue weighted by Gasteiger charge is -2.35. The standard InChI is InChI=1S/C12H21N3/c1-10(12-6-4-8-14-12)15(2)11-5-3-7-13-9-11/h4,6,8,10-11,13-14H,3,5,7,9H2,1-2H3/t10-,11+/m0/s1. The first-order valence-corrected chi connectivity index (χ1v) is 5.85. The second-order valence-electron chi connectivity index (χ2n) is 4.47. The summed E-state index contributed by atoms with van der Waals surface area (Å²) in [6.07, 6.45) is 4.61. The number of aromatic nitrogens is 1. The molecule has 1 aromatic heterocycles. The van der Waals surface area contributed by atoms with Gasteiger partial charge in [-0.25, -0.2) is 0 Å². The first-order valence-electron chi connectivity index (χ1n) is 5.85. The van der Waals surface area contributed by atoms with Gasteiger partial charge in [0, 0.05) is 30.5 Å². The second-order valence-corrected chi connectivity index (χ2v) is 4.47. The maximum atomic E-state index is 3.46. The smallest absolute Gasteiger partial charge is 0.0470 e. The summed E-state index contributed by atoms with van der Waals surface area (Å²) < 4.78 is 0. The maximum Gasteiger partial charge on any atom is 0.0470 e. The van der Waals surface area contributed by atoms with Gasteiger partial charge in [-0.2, -0.15) is 0 Å². The van der Waals surface area contributed by atoms with Crippen molar-refractivity contribution in [1.29, 1.82) is 0 Å². The summed E-state index contributed by atoms with van der Waals surface area (Å²) in [5.74, 6) is 0. The van der Waals surface area contributed by atoms with Crippen LogP contribution in [0.1, 0.15) is 31.5 Å². The van der Waals surface area contributed by atoms with Gasteiger partial charge in [-0.1, -0.05) is 0 Å². The van der Waals surface area contributed by atoms with Crippen molar-refractivity contribution in [1.82, 2.24) is 15.2 Å². The van der Waals surface area contributed by atoms with Crippen molar-refractivity contribution >= 4 is 0 Å². The van der Waals surface area contributed by atoms with Crippen LogP contribution in [0.2, 0.25) is 0 Å². The highest BCUT2D eigenvalue weighted by molar-refractivity contribution is 5.08. The van der Waals surface area contributed by atoms with Crippen LogP contribution >= 0.6 is 0 Å². The summed E-state index contributed by atoms with van der Waals surface area (Å²) in [6.45, 7) is 4.57. The largest absolute Gasteiger partial charge is 0.364 e. The van der Waals surface area contributed by atoms with Crippen LogP contribution < -0.4 is 5.32 Å². The van der Waals surface area contributed by atoms with Crippen LogP contribution in [0.25, 0.3) is 0 Å². The number of rotatable bonds is 3. The Balaban J connectivity index is 1.97. The van der Waals surface area contributed by atoms with E-state index in [-0.39, 0.29) is 0 Å². The van der Waals surface area contributed by atoms with Crippen molar-refractivity contribution in [2.24, 2.45) is 0 Å². The highest BCUT2D eigenvalue weighted by atomic mass is 15.2. The predicted molar refractivity (Wildman–Crippen MR) is 62.9 cm³/mol. The van der Waals surface area contributed by atoms with Crippen molar-refractivity contribution < 1.29 is 0 Å². The normalized spacial score (nSPS) is 24.3. The number of hydrogen-bond donors (Lipinski definition) is 2. The minimum absolute atomic E-state index is 0.477. The number of piperidine rings is 1. The Morgan fingerprint density at radius 3 is 3.00 bits per heavy atom. The fourth-order valence-electron chi connectivity index (χ4n) is 2.32. The predicted octanol–water partition coefficient (Wildman–Crippen LogP) is 1.76. The maximum absolute atomic E-state index is 3.46. The molecule has 1 saturated heterocycles. The van der Waals surface area contributed by atoms with Crippen LogP contribution in [0.15, 0.2) is 18.3 Å². The zero-order valence-electron chi connectivity index (χ0n) is 9.66. The van der Waals surface area contributed by atoms with Gasteiger partial charge < -0.3 is 10.3 Å². The molecule has 0 unspecified atom stereocenters. The van der Waals surface area contributed by atoms with Crippen LogP contribution in [0, 0.1) is 0 Å². The molecule has 1 aliphatic rings. The van der Waals surface area contributed by atoms with E-state index in [1.165, 1.54) is 25.1 Å². The Bertz CT molecular complexity index is 275. The lowest BCUT2D eigenvalue weighted by atomic mass is 10.0. The molecule has 1 fully saturated rings. The fourth-order valence-corrected chi connectivity index (χ4v) is 2.32. The second kappa shape index (κ2) is 4.81. The average molecular weight is 207 g/mol. The quantitative estimate of drug-likeness (QED) is 0.791. The van der Waals surface area contributed by atoms with Crippen molar-refractivity contribution in [3.63, 3.8) is 0 Å². The van der Waals surface area contributed by atoms with E-state index in [0.29, 0.717) is 12.1 Å². The molecule has 0 spiro atoms. The van der Waals surface area contributed by atoms with Crippen molar-refractivity contribution in [3.8, 4) is 0 Å². The van der Waals surface area contributed by atoms with E-state index < -0.39 is 0 Å². The molecule has 15 heavy (non-hydrogen) atoms. The van der Waals surface area contributed by atoms with E-state index in [1.54, 1.807) is 0 Å². The van der Waals surface area contributed by atoms with E-state index in [9.17, 15) is 0 Å². The number of nitrogens with one attached hydrogen (secondary N) is 2. The molecule has 3 heteroatoms. The van der Waals surface area contributed by atoms with Gasteiger partial charge >= 0.3 is 0 Å². The molecular weight excluding hydrogens is 186 g/mol. The fraction of sp³-hybridized carbons (Fsp3) is 0.667. The number of aromatic amines is 1. The highest BCUT2D eigenvalue weighted by Crippen LogP contribution is 2.21. The van der Waals surface area contributed by atoms with Gasteiger partial charge in [0.25, 0.3) is 0 Å². The Hall–Kier alpha value is -0.800. The molecule has 0 aromatic carbocycles. The molecular formula is C12H21N3. The zero-order chi connectivity index (χ0) is 10.7. The van der Waals surface area contributed by atoms with Crippen LogP contribution in [-0.2, 0) is 0 Å². The lowest BCUT2D eigenvalue weighted by molar-refractivity contribution is 0.154. The van der Waals surface area contributed by atoms with E-state index in [2.05, 4.69) is 41.3 Å². The molecule has 3 nitrogen and oxygen atoms in total. The summed E-state index contributed by atoms with van der Waals surface area (Å²) >= 11 is 0. The van der Waals surface area contributed by atoms with Gasteiger partial charge in [0.15, 0.2) is 0 Å². The third-order valence-electron chi connectivity index (χ3n) is 3.53. The number of hydrogen-bond acceptors (Lipinski definition) is 2. The summed E-state index contributed by atoms with van der Waals surface area (Å²) in [6, 6.07) is 5.39. The van der Waals surface area contributed by atoms with E-state index in [0.717, 1.165) is 6.54 Å². The van der Waals surface area contributed by atoms with Crippen molar-refractivity contribution in [2.45, 2.75) is 31.8 Å². The molecule has 2 heterocycles. The van der Waals surface area contributed by atoms with E-state index in [1.807, 2.05) is 6.20 Å². The molecule has 0 radical (unpaired) electrons. The summed E-state index contributed by atoms with van der Waals surface area (Å²) in [5, 5.41) is 3.46. The first-order chi connectivity index (χ1) is 7.29. The van der Waals surface area contributed by atoms with Crippen LogP contribution in [0.3, 0.4) is 0 Å². The lowest BCUT2D eigenvalue weighted by Crippen LogP contribution is -2.45. The molecule has 0 saturated carbocycles. The molecule has 2 rings (SSSR count). The summed E-state index contributed by atoms with van der Waals surface area (Å²) in [5.41, 5.74) is 1.31. The van der Waals surface area contributed by atoms with Gasteiger partial charge in [-0.15, -0.1) is 0 Å². The number of H-pyrrole nitrogens is 1. The number of likely N-dealkylation sites (N-methyl/N-ethyl adjacent to an activating group) is 1. The van der Waals surface area contributed by atoms with E-state index in [4.69, 9.17) is 0 Å².